The first-order valence-corrected chi connectivity index (χ1v) is 12.9. The van der Waals surface area contributed by atoms with Crippen molar-refractivity contribution in [1.82, 2.24) is 16.0 Å². The van der Waals surface area contributed by atoms with Crippen molar-refractivity contribution in [2.75, 3.05) is 4.90 Å². The van der Waals surface area contributed by atoms with Crippen molar-refractivity contribution in [1.29, 1.82) is 0 Å². The standard InChI is InChI=1S/C28H28F6N4O4/c1-25(2,3)36-24(42)37-26(8-9-26)23(41)35-19-13-21(39)18-6-4-5-7-20(18)38(22(19)40)14-15-10-16(27(29,30)31)12-17(11-15)28(32,33)34/h4-7,10-12,19H,8-9,13-14H2,1-3H3,(H,35,41)(H2,36,37,42)/t19-/m1/s1. The van der Waals surface area contributed by atoms with E-state index in [2.05, 4.69) is 16.0 Å². The molecule has 0 saturated heterocycles. The molecule has 2 aromatic carbocycles. The molecule has 4 amide bonds. The third kappa shape index (κ3) is 6.85. The van der Waals surface area contributed by atoms with Crippen LogP contribution in [0.25, 0.3) is 0 Å². The number of hydrogen-bond acceptors (Lipinski definition) is 4. The second kappa shape index (κ2) is 10.6. The molecule has 0 bridgehead atoms. The van der Waals surface area contributed by atoms with E-state index in [1.807, 2.05) is 0 Å². The molecule has 0 unspecified atom stereocenters. The highest BCUT2D eigenvalue weighted by Gasteiger charge is 2.53. The Morgan fingerprint density at radius 2 is 1.50 bits per heavy atom. The van der Waals surface area contributed by atoms with E-state index < -0.39 is 82.8 Å². The maximum absolute atomic E-state index is 13.7. The highest BCUT2D eigenvalue weighted by atomic mass is 19.4. The Morgan fingerprint density at radius 1 is 0.929 bits per heavy atom. The van der Waals surface area contributed by atoms with Crippen molar-refractivity contribution in [2.45, 2.75) is 76.1 Å². The van der Waals surface area contributed by atoms with E-state index in [4.69, 9.17) is 0 Å². The van der Waals surface area contributed by atoms with Crippen LogP contribution in [-0.4, -0.2) is 40.7 Å². The molecule has 14 heteroatoms. The topological polar surface area (TPSA) is 108 Å². The number of carbonyl (C=O) groups excluding carboxylic acids is 4. The van der Waals surface area contributed by atoms with Crippen molar-refractivity contribution in [2.24, 2.45) is 0 Å². The monoisotopic (exact) mass is 598 g/mol. The Labute approximate surface area is 236 Å². The molecule has 1 saturated carbocycles. The van der Waals surface area contributed by atoms with Crippen LogP contribution in [0.1, 0.15) is 67.1 Å². The van der Waals surface area contributed by atoms with E-state index >= 15 is 0 Å². The number of fused-ring (bicyclic) bond motifs is 1. The summed E-state index contributed by atoms with van der Waals surface area (Å²) in [5.74, 6) is -2.24. The summed E-state index contributed by atoms with van der Waals surface area (Å²) >= 11 is 0. The normalized spacial score (nSPS) is 18.6. The van der Waals surface area contributed by atoms with Gasteiger partial charge in [-0.3, -0.25) is 14.4 Å². The van der Waals surface area contributed by atoms with Crippen LogP contribution < -0.4 is 20.9 Å². The zero-order valence-corrected chi connectivity index (χ0v) is 22.8. The van der Waals surface area contributed by atoms with E-state index in [1.54, 1.807) is 20.8 Å². The van der Waals surface area contributed by atoms with Crippen LogP contribution >= 0.6 is 0 Å². The minimum Gasteiger partial charge on any atom is -0.342 e. The molecule has 0 spiro atoms. The first-order valence-electron chi connectivity index (χ1n) is 12.9. The molecule has 8 nitrogen and oxygen atoms in total. The molecule has 1 heterocycles. The van der Waals surface area contributed by atoms with Crippen LogP contribution in [0.15, 0.2) is 42.5 Å². The first-order chi connectivity index (χ1) is 19.3. The highest BCUT2D eigenvalue weighted by molar-refractivity contribution is 6.13. The van der Waals surface area contributed by atoms with Gasteiger partial charge in [0, 0.05) is 17.5 Å². The summed E-state index contributed by atoms with van der Waals surface area (Å²) in [6.07, 6.45) is -10.2. The molecule has 2 aliphatic rings. The summed E-state index contributed by atoms with van der Waals surface area (Å²) in [5, 5.41) is 7.71. The zero-order chi connectivity index (χ0) is 31.3. The van der Waals surface area contributed by atoms with Gasteiger partial charge in [-0.2, -0.15) is 26.3 Å². The number of amides is 4. The average Bonchev–Trinajstić information content (AvgIpc) is 3.65. The predicted octanol–water partition coefficient (Wildman–Crippen LogP) is 4.96. The molecule has 1 fully saturated rings. The van der Waals surface area contributed by atoms with Crippen molar-refractivity contribution in [3.63, 3.8) is 0 Å². The SMILES string of the molecule is CC(C)(C)NC(=O)NC1(C(=O)N[C@@H]2CC(=O)c3ccccc3N(Cc3cc(C(F)(F)F)cc(C(F)(F)F)c3)C2=O)CC1. The van der Waals surface area contributed by atoms with Gasteiger partial charge in [0.15, 0.2) is 5.78 Å². The molecular formula is C28H28F6N4O4. The van der Waals surface area contributed by atoms with E-state index in [0.29, 0.717) is 12.1 Å². The lowest BCUT2D eigenvalue weighted by Gasteiger charge is -2.28. The maximum Gasteiger partial charge on any atom is 0.416 e. The van der Waals surface area contributed by atoms with Crippen LogP contribution in [0.5, 0.6) is 0 Å². The van der Waals surface area contributed by atoms with Crippen LogP contribution in [0, 0.1) is 0 Å². The lowest BCUT2D eigenvalue weighted by atomic mass is 10.0. The van der Waals surface area contributed by atoms with Gasteiger partial charge < -0.3 is 20.9 Å². The van der Waals surface area contributed by atoms with Gasteiger partial charge in [-0.1, -0.05) is 12.1 Å². The number of para-hydroxylation sites is 1. The lowest BCUT2D eigenvalue weighted by molar-refractivity contribution is -0.143. The number of anilines is 1. The lowest BCUT2D eigenvalue weighted by Crippen LogP contribution is -2.58. The number of ketones is 1. The smallest absolute Gasteiger partial charge is 0.342 e. The van der Waals surface area contributed by atoms with Crippen molar-refractivity contribution < 1.29 is 45.5 Å². The molecule has 42 heavy (non-hydrogen) atoms. The Hall–Kier alpha value is -4.10. The summed E-state index contributed by atoms with van der Waals surface area (Å²) in [6.45, 7) is 4.45. The fourth-order valence-corrected chi connectivity index (χ4v) is 4.62. The molecule has 4 rings (SSSR count). The molecule has 2 aromatic rings. The first kappa shape index (κ1) is 30.8. The van der Waals surface area contributed by atoms with Crippen molar-refractivity contribution in [3.8, 4) is 0 Å². The third-order valence-electron chi connectivity index (χ3n) is 6.77. The molecule has 226 valence electrons. The number of Topliss-reactive ketones (excluding diaryl/α,β-unsaturated/α-hetero) is 1. The number of alkyl halides is 6. The fraction of sp³-hybridized carbons (Fsp3) is 0.429. The maximum atomic E-state index is 13.7. The van der Waals surface area contributed by atoms with Gasteiger partial charge in [-0.05, 0) is 69.5 Å². The summed E-state index contributed by atoms with van der Waals surface area (Å²) < 4.78 is 80.9. The van der Waals surface area contributed by atoms with Crippen molar-refractivity contribution in [3.05, 3.63) is 64.7 Å². The third-order valence-corrected chi connectivity index (χ3v) is 6.77. The van der Waals surface area contributed by atoms with Gasteiger partial charge >= 0.3 is 18.4 Å². The number of nitrogens with one attached hydrogen (secondary N) is 3. The van der Waals surface area contributed by atoms with E-state index in [1.165, 1.54) is 24.3 Å². The molecule has 1 aliphatic heterocycles. The largest absolute Gasteiger partial charge is 0.416 e. The Morgan fingerprint density at radius 3 is 2.02 bits per heavy atom. The second-order valence-corrected chi connectivity index (χ2v) is 11.4. The fourth-order valence-electron chi connectivity index (χ4n) is 4.62. The molecule has 0 radical (unpaired) electrons. The zero-order valence-electron chi connectivity index (χ0n) is 22.8. The summed E-state index contributed by atoms with van der Waals surface area (Å²) in [6, 6.07) is 4.51. The van der Waals surface area contributed by atoms with Gasteiger partial charge in [-0.25, -0.2) is 4.79 Å². The van der Waals surface area contributed by atoms with Gasteiger partial charge in [0.25, 0.3) is 0 Å². The van der Waals surface area contributed by atoms with Gasteiger partial charge in [0.2, 0.25) is 11.8 Å². The molecule has 1 aliphatic carbocycles. The summed E-state index contributed by atoms with van der Waals surface area (Å²) in [7, 11) is 0. The minimum absolute atomic E-state index is 0.00874. The van der Waals surface area contributed by atoms with Gasteiger partial charge in [0.05, 0.1) is 23.4 Å². The van der Waals surface area contributed by atoms with Gasteiger partial charge in [-0.15, -0.1) is 0 Å². The summed E-state index contributed by atoms with van der Waals surface area (Å²) in [5.41, 5.74) is -5.57. The quantitative estimate of drug-likeness (QED) is 0.423. The molecule has 1 atom stereocenters. The molecular weight excluding hydrogens is 570 g/mol. The Bertz CT molecular complexity index is 1390. The Kier molecular flexibility index (Phi) is 7.80. The molecule has 3 N–H and O–H groups in total. The van der Waals surface area contributed by atoms with Gasteiger partial charge in [0.1, 0.15) is 11.6 Å². The Balaban J connectivity index is 1.66. The summed E-state index contributed by atoms with van der Waals surface area (Å²) in [4.78, 5) is 53.3. The van der Waals surface area contributed by atoms with Crippen LogP contribution in [0.4, 0.5) is 36.8 Å². The number of halogens is 6. The number of benzene rings is 2. The second-order valence-electron chi connectivity index (χ2n) is 11.4. The number of carbonyl (C=O) groups is 4. The van der Waals surface area contributed by atoms with Crippen molar-refractivity contribution >= 4 is 29.3 Å². The number of rotatable bonds is 5. The van der Waals surface area contributed by atoms with E-state index in [0.717, 1.165) is 4.90 Å². The number of hydrogen-bond donors (Lipinski definition) is 3. The van der Waals surface area contributed by atoms with E-state index in [-0.39, 0.29) is 30.2 Å². The number of urea groups is 1. The highest BCUT2D eigenvalue weighted by Crippen LogP contribution is 2.38. The van der Waals surface area contributed by atoms with Crippen LogP contribution in [-0.2, 0) is 28.5 Å². The average molecular weight is 599 g/mol. The molecule has 0 aromatic heterocycles. The predicted molar refractivity (Wildman–Crippen MR) is 138 cm³/mol. The number of nitrogens with zero attached hydrogens (tertiary/aromatic N) is 1. The van der Waals surface area contributed by atoms with Crippen LogP contribution in [0.3, 0.4) is 0 Å². The van der Waals surface area contributed by atoms with Crippen LogP contribution in [0.2, 0.25) is 0 Å². The minimum atomic E-state index is -5.10. The van der Waals surface area contributed by atoms with E-state index in [9.17, 15) is 45.5 Å².